The lowest BCUT2D eigenvalue weighted by atomic mass is 9.87. The number of nitrogens with one attached hydrogen (secondary N) is 1. The maximum Gasteiger partial charge on any atom is 0.325 e. The zero-order valence-electron chi connectivity index (χ0n) is 19.9. The molecule has 35 heavy (non-hydrogen) atoms. The fourth-order valence-corrected chi connectivity index (χ4v) is 5.19. The van der Waals surface area contributed by atoms with Gasteiger partial charge in [-0.25, -0.2) is 4.79 Å². The monoisotopic (exact) mass is 479 g/mol. The minimum absolute atomic E-state index is 0.142. The highest BCUT2D eigenvalue weighted by molar-refractivity contribution is 6.09. The zero-order chi connectivity index (χ0) is 24.6. The lowest BCUT2D eigenvalue weighted by molar-refractivity contribution is -0.139. The topological polar surface area (TPSA) is 97.4 Å². The van der Waals surface area contributed by atoms with Crippen LogP contribution in [0.25, 0.3) is 0 Å². The molecule has 0 bridgehead atoms. The van der Waals surface area contributed by atoms with Gasteiger partial charge >= 0.3 is 6.03 Å². The van der Waals surface area contributed by atoms with Crippen LogP contribution < -0.4 is 19.5 Å². The first kappa shape index (κ1) is 23.0. The number of amides is 4. The molecule has 0 radical (unpaired) electrons. The maximum atomic E-state index is 13.5. The highest BCUT2D eigenvalue weighted by Gasteiger charge is 2.52. The van der Waals surface area contributed by atoms with Gasteiger partial charge in [-0.3, -0.25) is 14.5 Å². The first-order valence-electron chi connectivity index (χ1n) is 11.9. The summed E-state index contributed by atoms with van der Waals surface area (Å²) in [6.45, 7) is 3.11. The fourth-order valence-electron chi connectivity index (χ4n) is 5.19. The van der Waals surface area contributed by atoms with Crippen molar-refractivity contribution in [3.05, 3.63) is 53.6 Å². The van der Waals surface area contributed by atoms with Crippen molar-refractivity contribution in [3.63, 3.8) is 0 Å². The average molecular weight is 480 g/mol. The number of hydrogen-bond donors (Lipinski definition) is 1. The summed E-state index contributed by atoms with van der Waals surface area (Å²) in [6.07, 6.45) is 2.00. The molecule has 9 heteroatoms. The van der Waals surface area contributed by atoms with Gasteiger partial charge in [0, 0.05) is 6.54 Å². The summed E-state index contributed by atoms with van der Waals surface area (Å²) >= 11 is 0. The number of hydrogen-bond acceptors (Lipinski definition) is 6. The van der Waals surface area contributed by atoms with E-state index >= 15 is 0 Å². The smallest absolute Gasteiger partial charge is 0.325 e. The van der Waals surface area contributed by atoms with Crippen LogP contribution in [-0.4, -0.2) is 61.1 Å². The van der Waals surface area contributed by atoms with Gasteiger partial charge in [0.1, 0.15) is 31.0 Å². The van der Waals surface area contributed by atoms with Crippen LogP contribution in [0.15, 0.2) is 42.5 Å². The second kappa shape index (κ2) is 9.13. The Kier molecular flexibility index (Phi) is 6.00. The number of carbonyl (C=O) groups is 3. The minimum atomic E-state index is -1.20. The van der Waals surface area contributed by atoms with E-state index in [9.17, 15) is 14.4 Å². The standard InChI is InChI=1S/C26H29N3O6/c1-3-26(18-7-9-19(33-2)10-8-18)24(31)29(25(32)27-26)16-23(30)28-12-4-5-20(28)17-6-11-21-22(15-17)35-14-13-34-21/h6-11,15,20H,3-5,12-14,16H2,1-2H3,(H,27,32)/t20-,26-/m0/s1. The molecule has 3 aliphatic heterocycles. The molecule has 2 saturated heterocycles. The number of likely N-dealkylation sites (tertiary alicyclic amines) is 1. The number of rotatable bonds is 6. The molecule has 0 aliphatic carbocycles. The molecule has 2 aromatic rings. The number of carbonyl (C=O) groups excluding carboxylic acids is 3. The van der Waals surface area contributed by atoms with Crippen molar-refractivity contribution < 1.29 is 28.6 Å². The normalized spacial score (nSPS) is 23.4. The van der Waals surface area contributed by atoms with E-state index < -0.39 is 17.5 Å². The SMILES string of the molecule is CC[C@@]1(c2ccc(OC)cc2)NC(=O)N(CC(=O)N2CCC[C@H]2c2ccc3c(c2)OCCO3)C1=O. The molecule has 0 unspecified atom stereocenters. The van der Waals surface area contributed by atoms with Gasteiger partial charge in [0.15, 0.2) is 11.5 Å². The molecule has 4 amide bonds. The van der Waals surface area contributed by atoms with Crippen LogP contribution in [0.2, 0.25) is 0 Å². The first-order chi connectivity index (χ1) is 17.0. The molecule has 9 nitrogen and oxygen atoms in total. The predicted molar refractivity (Wildman–Crippen MR) is 126 cm³/mol. The molecule has 0 aromatic heterocycles. The molecule has 2 atom stereocenters. The molecular weight excluding hydrogens is 450 g/mol. The molecule has 2 aromatic carbocycles. The third-order valence-electron chi connectivity index (χ3n) is 7.11. The van der Waals surface area contributed by atoms with E-state index in [0.717, 1.165) is 23.3 Å². The highest BCUT2D eigenvalue weighted by Crippen LogP contribution is 2.39. The number of imide groups is 1. The van der Waals surface area contributed by atoms with Gasteiger partial charge in [0.2, 0.25) is 5.91 Å². The van der Waals surface area contributed by atoms with Crippen LogP contribution >= 0.6 is 0 Å². The van der Waals surface area contributed by atoms with Crippen LogP contribution in [0.5, 0.6) is 17.2 Å². The summed E-state index contributed by atoms with van der Waals surface area (Å²) in [5.41, 5.74) is 0.409. The molecule has 2 fully saturated rings. The van der Waals surface area contributed by atoms with E-state index in [1.165, 1.54) is 0 Å². The van der Waals surface area contributed by atoms with Gasteiger partial charge < -0.3 is 24.4 Å². The lowest BCUT2D eigenvalue weighted by Gasteiger charge is -2.28. The summed E-state index contributed by atoms with van der Waals surface area (Å²) in [4.78, 5) is 42.5. The van der Waals surface area contributed by atoms with E-state index in [2.05, 4.69) is 5.32 Å². The highest BCUT2D eigenvalue weighted by atomic mass is 16.6. The van der Waals surface area contributed by atoms with Gasteiger partial charge in [-0.2, -0.15) is 0 Å². The molecule has 1 N–H and O–H groups in total. The van der Waals surface area contributed by atoms with Crippen molar-refractivity contribution in [2.45, 2.75) is 37.8 Å². The van der Waals surface area contributed by atoms with E-state index in [-0.39, 0.29) is 18.5 Å². The zero-order valence-corrected chi connectivity index (χ0v) is 19.9. The third kappa shape index (κ3) is 3.94. The molecule has 3 heterocycles. The van der Waals surface area contributed by atoms with Gasteiger partial charge in [-0.15, -0.1) is 0 Å². The van der Waals surface area contributed by atoms with Crippen LogP contribution in [0.3, 0.4) is 0 Å². The summed E-state index contributed by atoms with van der Waals surface area (Å²) in [5, 5.41) is 2.84. The Bertz CT molecular complexity index is 1150. The van der Waals surface area contributed by atoms with Crippen LogP contribution in [0.1, 0.15) is 43.4 Å². The number of benzene rings is 2. The third-order valence-corrected chi connectivity index (χ3v) is 7.11. The number of nitrogens with zero attached hydrogens (tertiary/aromatic N) is 2. The van der Waals surface area contributed by atoms with Gasteiger partial charge in [-0.1, -0.05) is 25.1 Å². The van der Waals surface area contributed by atoms with Crippen LogP contribution in [0, 0.1) is 0 Å². The Labute approximate surface area is 203 Å². The Hall–Kier alpha value is -3.75. The number of fused-ring (bicyclic) bond motifs is 1. The summed E-state index contributed by atoms with van der Waals surface area (Å²) in [6, 6.07) is 12.1. The van der Waals surface area contributed by atoms with E-state index in [1.54, 1.807) is 36.3 Å². The second-order valence-electron chi connectivity index (χ2n) is 8.96. The van der Waals surface area contributed by atoms with Crippen molar-refractivity contribution >= 4 is 17.8 Å². The molecule has 5 rings (SSSR count). The summed E-state index contributed by atoms with van der Waals surface area (Å²) in [7, 11) is 1.57. The number of methoxy groups -OCH3 is 1. The molecule has 0 saturated carbocycles. The van der Waals surface area contributed by atoms with Crippen molar-refractivity contribution in [1.29, 1.82) is 0 Å². The van der Waals surface area contributed by atoms with E-state index in [4.69, 9.17) is 14.2 Å². The Balaban J connectivity index is 1.34. The van der Waals surface area contributed by atoms with Gasteiger partial charge in [-0.05, 0) is 54.7 Å². The quantitative estimate of drug-likeness (QED) is 0.640. The second-order valence-corrected chi connectivity index (χ2v) is 8.96. The molecule has 0 spiro atoms. The number of ether oxygens (including phenoxy) is 3. The lowest BCUT2D eigenvalue weighted by Crippen LogP contribution is -2.45. The van der Waals surface area contributed by atoms with E-state index in [0.29, 0.717) is 49.0 Å². The first-order valence-corrected chi connectivity index (χ1v) is 11.9. The Morgan fingerprint density at radius 2 is 1.86 bits per heavy atom. The Morgan fingerprint density at radius 3 is 2.57 bits per heavy atom. The van der Waals surface area contributed by atoms with Crippen LogP contribution in [-0.2, 0) is 15.1 Å². The molecule has 3 aliphatic rings. The number of urea groups is 1. The van der Waals surface area contributed by atoms with Crippen molar-refractivity contribution in [3.8, 4) is 17.2 Å². The minimum Gasteiger partial charge on any atom is -0.497 e. The summed E-state index contributed by atoms with van der Waals surface area (Å²) < 4.78 is 16.5. The molecule has 184 valence electrons. The maximum absolute atomic E-state index is 13.5. The van der Waals surface area contributed by atoms with Crippen molar-refractivity contribution in [2.75, 3.05) is 33.4 Å². The van der Waals surface area contributed by atoms with Gasteiger partial charge in [0.25, 0.3) is 5.91 Å². The van der Waals surface area contributed by atoms with Gasteiger partial charge in [0.05, 0.1) is 13.2 Å². The van der Waals surface area contributed by atoms with E-state index in [1.807, 2.05) is 25.1 Å². The predicted octanol–water partition coefficient (Wildman–Crippen LogP) is 2.99. The fraction of sp³-hybridized carbons (Fsp3) is 0.423. The van der Waals surface area contributed by atoms with Crippen molar-refractivity contribution in [2.24, 2.45) is 0 Å². The summed E-state index contributed by atoms with van der Waals surface area (Å²) in [5.74, 6) is 1.35. The molecular formula is C26H29N3O6. The Morgan fingerprint density at radius 1 is 1.11 bits per heavy atom. The average Bonchev–Trinajstić information content (AvgIpc) is 3.48. The van der Waals surface area contributed by atoms with Crippen molar-refractivity contribution in [1.82, 2.24) is 15.1 Å². The largest absolute Gasteiger partial charge is 0.497 e. The van der Waals surface area contributed by atoms with Crippen LogP contribution in [0.4, 0.5) is 4.79 Å².